The van der Waals surface area contributed by atoms with Crippen LogP contribution < -0.4 is 0 Å². The van der Waals surface area contributed by atoms with E-state index in [1.54, 1.807) is 12.5 Å². The maximum Gasteiger partial charge on any atom is 0.155 e. The lowest BCUT2D eigenvalue weighted by Crippen LogP contribution is -2.45. The van der Waals surface area contributed by atoms with E-state index in [0.29, 0.717) is 29.8 Å². The molecule has 4 aliphatic carbocycles. The topological polar surface area (TPSA) is 34.1 Å². The van der Waals surface area contributed by atoms with Gasteiger partial charge in [-0.15, -0.1) is 0 Å². The summed E-state index contributed by atoms with van der Waals surface area (Å²) in [6, 6.07) is 0. The molecule has 0 radical (unpaired) electrons. The highest BCUT2D eigenvalue weighted by Crippen LogP contribution is 2.64. The van der Waals surface area contributed by atoms with Gasteiger partial charge in [-0.3, -0.25) is 9.59 Å². The predicted molar refractivity (Wildman–Crippen MR) is 90.9 cm³/mol. The molecule has 4 aliphatic rings. The van der Waals surface area contributed by atoms with Crippen LogP contribution in [0.5, 0.6) is 0 Å². The van der Waals surface area contributed by atoms with Crippen LogP contribution in [0.4, 0.5) is 0 Å². The zero-order valence-electron chi connectivity index (χ0n) is 14.7. The van der Waals surface area contributed by atoms with Crippen LogP contribution in [0.25, 0.3) is 0 Å². The Balaban J connectivity index is 1.74. The first-order valence-corrected chi connectivity index (χ1v) is 9.31. The molecular weight excluding hydrogens is 284 g/mol. The summed E-state index contributed by atoms with van der Waals surface area (Å²) in [4.78, 5) is 24.0. The van der Waals surface area contributed by atoms with E-state index < -0.39 is 0 Å². The molecule has 0 spiro atoms. The second-order valence-corrected chi connectivity index (χ2v) is 8.83. The van der Waals surface area contributed by atoms with Gasteiger partial charge in [0.1, 0.15) is 5.78 Å². The molecule has 2 heteroatoms. The molecule has 3 unspecified atom stereocenters. The van der Waals surface area contributed by atoms with Crippen molar-refractivity contribution in [3.05, 3.63) is 23.3 Å². The number of fused-ring (bicyclic) bond motifs is 5. The van der Waals surface area contributed by atoms with E-state index in [0.717, 1.165) is 25.7 Å². The first kappa shape index (κ1) is 15.4. The molecule has 2 saturated carbocycles. The van der Waals surface area contributed by atoms with Crippen molar-refractivity contribution >= 4 is 11.6 Å². The van der Waals surface area contributed by atoms with Crippen LogP contribution in [0, 0.1) is 28.6 Å². The van der Waals surface area contributed by atoms with E-state index in [1.165, 1.54) is 18.4 Å². The van der Waals surface area contributed by atoms with Crippen molar-refractivity contribution < 1.29 is 9.59 Å². The standard InChI is InChI=1S/C21H28O2/c1-13(22)17-6-7-18-16-5-4-14-12-15(23)8-10-20(14,2)19(16)9-11-21(17,18)3/h9,12,16-18H,4-8,10-11H2,1-3H3/t16?,17?,18?,20-,21+/m0/s1. The Labute approximate surface area is 139 Å². The number of Topliss-reactive ketones (excluding diaryl/α,β-unsaturated/α-hetero) is 1. The van der Waals surface area contributed by atoms with Crippen molar-refractivity contribution in [2.24, 2.45) is 28.6 Å². The first-order chi connectivity index (χ1) is 10.9. The average molecular weight is 312 g/mol. The van der Waals surface area contributed by atoms with Crippen molar-refractivity contribution in [1.82, 2.24) is 0 Å². The molecule has 0 amide bonds. The molecule has 0 aromatic heterocycles. The Morgan fingerprint density at radius 3 is 2.70 bits per heavy atom. The molecule has 0 heterocycles. The predicted octanol–water partition coefficient (Wildman–Crippen LogP) is 4.64. The lowest BCUT2D eigenvalue weighted by atomic mass is 9.51. The summed E-state index contributed by atoms with van der Waals surface area (Å²) in [5, 5.41) is 0. The largest absolute Gasteiger partial charge is 0.300 e. The van der Waals surface area contributed by atoms with E-state index in [1.807, 2.05) is 6.08 Å². The molecule has 0 bridgehead atoms. The zero-order chi connectivity index (χ0) is 16.4. The molecular formula is C21H28O2. The third-order valence-electron chi connectivity index (χ3n) is 7.82. The number of carbonyl (C=O) groups excluding carboxylic acids is 2. The Bertz CT molecular complexity index is 640. The highest BCUT2D eigenvalue weighted by molar-refractivity contribution is 5.92. The van der Waals surface area contributed by atoms with E-state index in [2.05, 4.69) is 19.9 Å². The second kappa shape index (κ2) is 4.91. The zero-order valence-corrected chi connectivity index (χ0v) is 14.7. The van der Waals surface area contributed by atoms with Gasteiger partial charge in [0, 0.05) is 17.8 Å². The van der Waals surface area contributed by atoms with Gasteiger partial charge in [0.2, 0.25) is 0 Å². The minimum Gasteiger partial charge on any atom is -0.300 e. The number of hydrogen-bond acceptors (Lipinski definition) is 2. The lowest BCUT2D eigenvalue weighted by molar-refractivity contribution is -0.124. The molecule has 2 fully saturated rings. The minimum absolute atomic E-state index is 0.118. The SMILES string of the molecule is CC(=O)C1CCC2C3CCC4=CC(=O)CC[C@]4(C)C3=CC[C@]12C. The highest BCUT2D eigenvalue weighted by atomic mass is 16.1. The fourth-order valence-electron chi connectivity index (χ4n) is 6.52. The molecule has 5 atom stereocenters. The van der Waals surface area contributed by atoms with Gasteiger partial charge in [0.15, 0.2) is 5.78 Å². The number of ketones is 2. The maximum absolute atomic E-state index is 12.1. The van der Waals surface area contributed by atoms with E-state index in [9.17, 15) is 9.59 Å². The van der Waals surface area contributed by atoms with E-state index >= 15 is 0 Å². The third kappa shape index (κ3) is 1.99. The van der Waals surface area contributed by atoms with Gasteiger partial charge < -0.3 is 0 Å². The van der Waals surface area contributed by atoms with E-state index in [4.69, 9.17) is 0 Å². The van der Waals surface area contributed by atoms with Crippen LogP contribution in [-0.2, 0) is 9.59 Å². The summed E-state index contributed by atoms with van der Waals surface area (Å²) in [5.74, 6) is 2.25. The molecule has 23 heavy (non-hydrogen) atoms. The molecule has 0 aromatic carbocycles. The monoisotopic (exact) mass is 312 g/mol. The quantitative estimate of drug-likeness (QED) is 0.661. The Morgan fingerprint density at radius 2 is 1.96 bits per heavy atom. The molecule has 4 rings (SSSR count). The fourth-order valence-corrected chi connectivity index (χ4v) is 6.52. The number of hydrogen-bond donors (Lipinski definition) is 0. The van der Waals surface area contributed by atoms with Crippen LogP contribution in [0.2, 0.25) is 0 Å². The molecule has 0 aromatic rings. The van der Waals surface area contributed by atoms with Crippen LogP contribution in [0.3, 0.4) is 0 Å². The number of carbonyl (C=O) groups is 2. The van der Waals surface area contributed by atoms with Gasteiger partial charge in [-0.2, -0.15) is 0 Å². The average Bonchev–Trinajstić information content (AvgIpc) is 2.85. The van der Waals surface area contributed by atoms with Crippen LogP contribution in [-0.4, -0.2) is 11.6 Å². The molecule has 0 N–H and O–H groups in total. The minimum atomic E-state index is 0.118. The van der Waals surface area contributed by atoms with Crippen LogP contribution in [0.15, 0.2) is 23.3 Å². The van der Waals surface area contributed by atoms with Crippen molar-refractivity contribution in [1.29, 1.82) is 0 Å². The van der Waals surface area contributed by atoms with Gasteiger partial charge in [-0.05, 0) is 68.8 Å². The van der Waals surface area contributed by atoms with Gasteiger partial charge in [-0.25, -0.2) is 0 Å². The number of allylic oxidation sites excluding steroid dienone is 4. The normalized spacial score (nSPS) is 45.5. The fraction of sp³-hybridized carbons (Fsp3) is 0.714. The van der Waals surface area contributed by atoms with E-state index in [-0.39, 0.29) is 16.7 Å². The Hall–Kier alpha value is -1.18. The van der Waals surface area contributed by atoms with Gasteiger partial charge in [-0.1, -0.05) is 31.1 Å². The van der Waals surface area contributed by atoms with Gasteiger partial charge in [0.05, 0.1) is 0 Å². The number of rotatable bonds is 1. The first-order valence-electron chi connectivity index (χ1n) is 9.31. The summed E-state index contributed by atoms with van der Waals surface area (Å²) in [5.41, 5.74) is 3.27. The summed E-state index contributed by atoms with van der Waals surface area (Å²) in [6.45, 7) is 6.51. The molecule has 2 nitrogen and oxygen atoms in total. The van der Waals surface area contributed by atoms with Gasteiger partial charge in [0.25, 0.3) is 0 Å². The van der Waals surface area contributed by atoms with Gasteiger partial charge >= 0.3 is 0 Å². The van der Waals surface area contributed by atoms with Crippen molar-refractivity contribution in [2.45, 2.75) is 65.7 Å². The van der Waals surface area contributed by atoms with Crippen molar-refractivity contribution in [3.63, 3.8) is 0 Å². The lowest BCUT2D eigenvalue weighted by Gasteiger charge is -2.53. The smallest absolute Gasteiger partial charge is 0.155 e. The van der Waals surface area contributed by atoms with Crippen LogP contribution >= 0.6 is 0 Å². The highest BCUT2D eigenvalue weighted by Gasteiger charge is 2.56. The van der Waals surface area contributed by atoms with Crippen LogP contribution in [0.1, 0.15) is 65.7 Å². The Morgan fingerprint density at radius 1 is 1.17 bits per heavy atom. The summed E-state index contributed by atoms with van der Waals surface area (Å²) in [7, 11) is 0. The van der Waals surface area contributed by atoms with Crippen molar-refractivity contribution in [2.75, 3.05) is 0 Å². The summed E-state index contributed by atoms with van der Waals surface area (Å²) in [6.07, 6.45) is 11.7. The molecule has 0 aliphatic heterocycles. The molecule has 124 valence electrons. The maximum atomic E-state index is 12.1. The molecule has 0 saturated heterocycles. The van der Waals surface area contributed by atoms with Crippen molar-refractivity contribution in [3.8, 4) is 0 Å². The summed E-state index contributed by atoms with van der Waals surface area (Å²) < 4.78 is 0. The third-order valence-corrected chi connectivity index (χ3v) is 7.82. The second-order valence-electron chi connectivity index (χ2n) is 8.83. The summed E-state index contributed by atoms with van der Waals surface area (Å²) >= 11 is 0. The Kier molecular flexibility index (Phi) is 3.28.